The predicted octanol–water partition coefficient (Wildman–Crippen LogP) is 2.91. The number of fused-ring (bicyclic) bond motifs is 1. The maximum atomic E-state index is 5.72. The second-order valence-corrected chi connectivity index (χ2v) is 4.38. The minimum atomic E-state index is 0.403. The van der Waals surface area contributed by atoms with Gasteiger partial charge >= 0.3 is 0 Å². The molecule has 1 N–H and O–H groups in total. The van der Waals surface area contributed by atoms with Gasteiger partial charge in [0.1, 0.15) is 0 Å². The highest BCUT2D eigenvalue weighted by Gasteiger charge is 2.23. The highest BCUT2D eigenvalue weighted by atomic mass is 16.5. The molecule has 0 fully saturated rings. The van der Waals surface area contributed by atoms with Crippen molar-refractivity contribution in [2.24, 2.45) is 0 Å². The molecule has 0 radical (unpaired) electrons. The van der Waals surface area contributed by atoms with E-state index in [9.17, 15) is 0 Å². The predicted molar refractivity (Wildman–Crippen MR) is 68.8 cm³/mol. The van der Waals surface area contributed by atoms with Crippen molar-refractivity contribution in [3.05, 3.63) is 23.8 Å². The molecule has 0 aliphatic carbocycles. The van der Waals surface area contributed by atoms with Crippen LogP contribution in [0.15, 0.2) is 18.2 Å². The number of methoxy groups -OCH3 is 1. The molecule has 2 rings (SSSR count). The van der Waals surface area contributed by atoms with E-state index in [2.05, 4.69) is 18.3 Å². The zero-order valence-electron chi connectivity index (χ0n) is 10.7. The van der Waals surface area contributed by atoms with Crippen molar-refractivity contribution in [2.45, 2.75) is 32.2 Å². The molecule has 1 aromatic rings. The molecule has 0 bridgehead atoms. The van der Waals surface area contributed by atoms with Gasteiger partial charge in [-0.1, -0.05) is 25.5 Å². The first-order valence-corrected chi connectivity index (χ1v) is 6.40. The molecule has 0 aromatic heterocycles. The first-order valence-electron chi connectivity index (χ1n) is 6.40. The lowest BCUT2D eigenvalue weighted by Gasteiger charge is -2.27. The van der Waals surface area contributed by atoms with Crippen LogP contribution in [0.5, 0.6) is 11.5 Å². The second kappa shape index (κ2) is 5.92. The zero-order chi connectivity index (χ0) is 12.1. The lowest BCUT2D eigenvalue weighted by molar-refractivity contribution is 0.239. The van der Waals surface area contributed by atoms with Gasteiger partial charge in [-0.25, -0.2) is 0 Å². The summed E-state index contributed by atoms with van der Waals surface area (Å²) in [4.78, 5) is 0. The molecular formula is C14H21NO2. The Hall–Kier alpha value is -1.22. The fourth-order valence-electron chi connectivity index (χ4n) is 2.22. The van der Waals surface area contributed by atoms with E-state index in [-0.39, 0.29) is 0 Å². The Balaban J connectivity index is 2.13. The molecule has 1 aromatic carbocycles. The highest BCUT2D eigenvalue weighted by molar-refractivity contribution is 5.49. The minimum Gasteiger partial charge on any atom is -0.493 e. The summed E-state index contributed by atoms with van der Waals surface area (Å²) < 4.78 is 11.1. The van der Waals surface area contributed by atoms with Crippen LogP contribution in [0.2, 0.25) is 0 Å². The number of ether oxygens (including phenoxy) is 2. The van der Waals surface area contributed by atoms with Crippen LogP contribution >= 0.6 is 0 Å². The van der Waals surface area contributed by atoms with Gasteiger partial charge in [-0.2, -0.15) is 0 Å². The van der Waals surface area contributed by atoms with Crippen LogP contribution in [-0.4, -0.2) is 20.3 Å². The molecule has 0 amide bonds. The monoisotopic (exact) mass is 235 g/mol. The van der Waals surface area contributed by atoms with Crippen LogP contribution in [0.3, 0.4) is 0 Å². The van der Waals surface area contributed by atoms with E-state index in [1.807, 2.05) is 12.1 Å². The van der Waals surface area contributed by atoms with Crippen molar-refractivity contribution >= 4 is 0 Å². The topological polar surface area (TPSA) is 30.5 Å². The average Bonchev–Trinajstić information content (AvgIpc) is 2.38. The summed E-state index contributed by atoms with van der Waals surface area (Å²) in [6.07, 6.45) is 3.47. The third-order valence-electron chi connectivity index (χ3n) is 3.18. The van der Waals surface area contributed by atoms with Crippen molar-refractivity contribution in [3.63, 3.8) is 0 Å². The lowest BCUT2D eigenvalue weighted by Crippen LogP contribution is -2.28. The first-order chi connectivity index (χ1) is 8.36. The van der Waals surface area contributed by atoms with Crippen LogP contribution in [0.1, 0.15) is 37.8 Å². The molecule has 0 saturated carbocycles. The maximum Gasteiger partial charge on any atom is 0.165 e. The molecule has 1 unspecified atom stereocenters. The molecule has 0 spiro atoms. The molecule has 1 heterocycles. The Kier molecular flexibility index (Phi) is 4.26. The Labute approximate surface area is 103 Å². The average molecular weight is 235 g/mol. The molecule has 3 nitrogen and oxygen atoms in total. The number of hydrogen-bond acceptors (Lipinski definition) is 3. The van der Waals surface area contributed by atoms with E-state index in [1.165, 1.54) is 18.4 Å². The van der Waals surface area contributed by atoms with Gasteiger partial charge in [0.05, 0.1) is 13.7 Å². The number of benzene rings is 1. The number of rotatable bonds is 5. The van der Waals surface area contributed by atoms with Gasteiger partial charge in [-0.15, -0.1) is 0 Å². The molecular weight excluding hydrogens is 214 g/mol. The number of hydrogen-bond donors (Lipinski definition) is 1. The summed E-state index contributed by atoms with van der Waals surface area (Å²) in [7, 11) is 1.69. The SMILES string of the molecule is CCCCNC1CCOc2c(OC)cccc21. The Morgan fingerprint density at radius 1 is 1.47 bits per heavy atom. The maximum absolute atomic E-state index is 5.72. The summed E-state index contributed by atoms with van der Waals surface area (Å²) in [5.41, 5.74) is 1.23. The van der Waals surface area contributed by atoms with Gasteiger partial charge in [0.25, 0.3) is 0 Å². The number of para-hydroxylation sites is 1. The summed E-state index contributed by atoms with van der Waals surface area (Å²) in [6, 6.07) is 6.51. The second-order valence-electron chi connectivity index (χ2n) is 4.38. The van der Waals surface area contributed by atoms with Gasteiger partial charge < -0.3 is 14.8 Å². The fraction of sp³-hybridized carbons (Fsp3) is 0.571. The van der Waals surface area contributed by atoms with Crippen LogP contribution in [0.25, 0.3) is 0 Å². The van der Waals surface area contributed by atoms with Crippen LogP contribution < -0.4 is 14.8 Å². The highest BCUT2D eigenvalue weighted by Crippen LogP contribution is 2.39. The Morgan fingerprint density at radius 3 is 3.12 bits per heavy atom. The van der Waals surface area contributed by atoms with E-state index in [4.69, 9.17) is 9.47 Å². The quantitative estimate of drug-likeness (QED) is 0.796. The molecule has 1 aliphatic rings. The molecule has 1 aliphatic heterocycles. The summed E-state index contributed by atoms with van der Waals surface area (Å²) in [5.74, 6) is 1.75. The van der Waals surface area contributed by atoms with E-state index >= 15 is 0 Å². The third-order valence-corrected chi connectivity index (χ3v) is 3.18. The fourth-order valence-corrected chi connectivity index (χ4v) is 2.22. The molecule has 17 heavy (non-hydrogen) atoms. The van der Waals surface area contributed by atoms with Gasteiger partial charge in [-0.05, 0) is 19.0 Å². The van der Waals surface area contributed by atoms with Crippen molar-refractivity contribution in [1.82, 2.24) is 5.32 Å². The largest absolute Gasteiger partial charge is 0.493 e. The van der Waals surface area contributed by atoms with Crippen LogP contribution in [-0.2, 0) is 0 Å². The lowest BCUT2D eigenvalue weighted by atomic mass is 10.00. The zero-order valence-corrected chi connectivity index (χ0v) is 10.7. The summed E-state index contributed by atoms with van der Waals surface area (Å²) >= 11 is 0. The Bertz CT molecular complexity index is 365. The van der Waals surface area contributed by atoms with Crippen LogP contribution in [0, 0.1) is 0 Å². The van der Waals surface area contributed by atoms with E-state index in [0.29, 0.717) is 6.04 Å². The molecule has 0 saturated heterocycles. The van der Waals surface area contributed by atoms with Gasteiger partial charge in [-0.3, -0.25) is 0 Å². The van der Waals surface area contributed by atoms with Gasteiger partial charge in [0.2, 0.25) is 0 Å². The molecule has 1 atom stereocenters. The van der Waals surface area contributed by atoms with E-state index in [0.717, 1.165) is 31.1 Å². The smallest absolute Gasteiger partial charge is 0.165 e. The number of unbranched alkanes of at least 4 members (excludes halogenated alkanes) is 1. The normalized spacial score (nSPS) is 18.4. The summed E-state index contributed by atoms with van der Waals surface area (Å²) in [5, 5.41) is 3.59. The van der Waals surface area contributed by atoms with E-state index < -0.39 is 0 Å². The number of nitrogens with one attached hydrogen (secondary N) is 1. The van der Waals surface area contributed by atoms with E-state index in [1.54, 1.807) is 7.11 Å². The Morgan fingerprint density at radius 2 is 2.35 bits per heavy atom. The first kappa shape index (κ1) is 12.2. The van der Waals surface area contributed by atoms with Crippen molar-refractivity contribution in [1.29, 1.82) is 0 Å². The third kappa shape index (κ3) is 2.72. The van der Waals surface area contributed by atoms with Gasteiger partial charge in [0.15, 0.2) is 11.5 Å². The summed E-state index contributed by atoms with van der Waals surface area (Å²) in [6.45, 7) is 4.04. The van der Waals surface area contributed by atoms with Crippen molar-refractivity contribution < 1.29 is 9.47 Å². The minimum absolute atomic E-state index is 0.403. The van der Waals surface area contributed by atoms with Gasteiger partial charge in [0, 0.05) is 18.0 Å². The molecule has 3 heteroatoms. The van der Waals surface area contributed by atoms with Crippen molar-refractivity contribution in [2.75, 3.05) is 20.3 Å². The molecule has 94 valence electrons. The van der Waals surface area contributed by atoms with Crippen molar-refractivity contribution in [3.8, 4) is 11.5 Å². The standard InChI is InChI=1S/C14H21NO2/c1-3-4-9-15-12-8-10-17-14-11(12)6-5-7-13(14)16-2/h5-7,12,15H,3-4,8-10H2,1-2H3. The van der Waals surface area contributed by atoms with Crippen LogP contribution in [0.4, 0.5) is 0 Å².